The van der Waals surface area contributed by atoms with Crippen LogP contribution in [0.25, 0.3) is 0 Å². The molecule has 0 aromatic heterocycles. The lowest BCUT2D eigenvalue weighted by atomic mass is 10.0. The quantitative estimate of drug-likeness (QED) is 0.832. The van der Waals surface area contributed by atoms with Crippen molar-refractivity contribution in [3.8, 4) is 0 Å². The van der Waals surface area contributed by atoms with Crippen molar-refractivity contribution in [1.29, 1.82) is 0 Å². The first-order chi connectivity index (χ1) is 6.40. The van der Waals surface area contributed by atoms with Gasteiger partial charge in [-0.25, -0.2) is 8.42 Å². The van der Waals surface area contributed by atoms with Gasteiger partial charge in [-0.2, -0.15) is 0 Å². The second-order valence-electron chi connectivity index (χ2n) is 3.54. The highest BCUT2D eigenvalue weighted by Gasteiger charge is 2.08. The lowest BCUT2D eigenvalue weighted by molar-refractivity contribution is 0.606. The van der Waals surface area contributed by atoms with E-state index in [1.165, 1.54) is 0 Å². The Morgan fingerprint density at radius 1 is 1.43 bits per heavy atom. The number of rotatable bonds is 3. The van der Waals surface area contributed by atoms with Crippen LogP contribution in [0.4, 0.5) is 5.69 Å². The molecule has 1 rings (SSSR count). The largest absolute Gasteiger partial charge is 0.283 e. The van der Waals surface area contributed by atoms with E-state index in [9.17, 15) is 8.42 Å². The van der Waals surface area contributed by atoms with Gasteiger partial charge in [-0.3, -0.25) is 4.72 Å². The fourth-order valence-corrected chi connectivity index (χ4v) is 1.80. The molecule has 1 N–H and O–H groups in total. The maximum atomic E-state index is 11.1. The predicted molar refractivity (Wildman–Crippen MR) is 57.8 cm³/mol. The van der Waals surface area contributed by atoms with Gasteiger partial charge in [0.2, 0.25) is 10.0 Å². The van der Waals surface area contributed by atoms with E-state index in [0.717, 1.165) is 11.8 Å². The minimum atomic E-state index is -3.20. The molecule has 0 atom stereocenters. The van der Waals surface area contributed by atoms with Crippen molar-refractivity contribution < 1.29 is 8.42 Å². The summed E-state index contributed by atoms with van der Waals surface area (Å²) in [4.78, 5) is 0. The van der Waals surface area contributed by atoms with Gasteiger partial charge < -0.3 is 0 Å². The second kappa shape index (κ2) is 4.00. The van der Waals surface area contributed by atoms with Crippen LogP contribution in [0, 0.1) is 6.07 Å². The molecule has 77 valence electrons. The van der Waals surface area contributed by atoms with Crippen molar-refractivity contribution in [2.75, 3.05) is 11.0 Å². The van der Waals surface area contributed by atoms with E-state index < -0.39 is 10.0 Å². The molecule has 0 fully saturated rings. The minimum absolute atomic E-state index is 0.275. The van der Waals surface area contributed by atoms with Crippen LogP contribution < -0.4 is 4.72 Å². The van der Waals surface area contributed by atoms with Crippen molar-refractivity contribution in [1.82, 2.24) is 0 Å². The molecule has 0 aliphatic heterocycles. The van der Waals surface area contributed by atoms with Gasteiger partial charge in [0.1, 0.15) is 0 Å². The van der Waals surface area contributed by atoms with Gasteiger partial charge >= 0.3 is 0 Å². The molecule has 0 saturated carbocycles. The smallest absolute Gasteiger partial charge is 0.229 e. The van der Waals surface area contributed by atoms with Crippen LogP contribution in [0.15, 0.2) is 18.2 Å². The average molecular weight is 212 g/mol. The molecule has 0 spiro atoms. The molecule has 0 unspecified atom stereocenters. The van der Waals surface area contributed by atoms with E-state index in [1.807, 2.05) is 13.8 Å². The number of anilines is 1. The van der Waals surface area contributed by atoms with E-state index in [2.05, 4.69) is 10.8 Å². The number of benzene rings is 1. The zero-order valence-corrected chi connectivity index (χ0v) is 9.35. The Hall–Kier alpha value is -1.03. The number of nitrogens with one attached hydrogen (secondary N) is 1. The lowest BCUT2D eigenvalue weighted by Gasteiger charge is -2.12. The summed E-state index contributed by atoms with van der Waals surface area (Å²) in [5, 5.41) is 0. The summed E-state index contributed by atoms with van der Waals surface area (Å²) >= 11 is 0. The molecule has 0 heterocycles. The maximum Gasteiger partial charge on any atom is 0.229 e. The van der Waals surface area contributed by atoms with Gasteiger partial charge in [-0.1, -0.05) is 19.9 Å². The molecule has 0 aliphatic rings. The van der Waals surface area contributed by atoms with Crippen LogP contribution >= 0.6 is 0 Å². The molecule has 0 saturated heterocycles. The normalized spacial score (nSPS) is 11.7. The van der Waals surface area contributed by atoms with Gasteiger partial charge in [-0.15, -0.1) is 0 Å². The zero-order chi connectivity index (χ0) is 10.8. The average Bonchev–Trinajstić information content (AvgIpc) is 2.01. The van der Waals surface area contributed by atoms with Crippen molar-refractivity contribution in [3.63, 3.8) is 0 Å². The Morgan fingerprint density at radius 3 is 2.57 bits per heavy atom. The van der Waals surface area contributed by atoms with Crippen molar-refractivity contribution in [2.24, 2.45) is 0 Å². The summed E-state index contributed by atoms with van der Waals surface area (Å²) in [6.45, 7) is 4.02. The van der Waals surface area contributed by atoms with Crippen LogP contribution in [-0.2, 0) is 10.0 Å². The zero-order valence-electron chi connectivity index (χ0n) is 8.53. The Labute approximate surface area is 85.2 Å². The van der Waals surface area contributed by atoms with Gasteiger partial charge in [0.05, 0.1) is 11.9 Å². The van der Waals surface area contributed by atoms with Crippen molar-refractivity contribution in [3.05, 3.63) is 29.8 Å². The molecule has 0 aliphatic carbocycles. The summed E-state index contributed by atoms with van der Waals surface area (Å²) < 4.78 is 24.6. The van der Waals surface area contributed by atoms with Gasteiger partial charge in [0.25, 0.3) is 0 Å². The number of hydrogen-bond donors (Lipinski definition) is 1. The molecule has 1 radical (unpaired) electrons. The summed E-state index contributed by atoms with van der Waals surface area (Å²) in [6, 6.07) is 8.15. The molecule has 0 bridgehead atoms. The molecular formula is C10H14NO2S. The standard InChI is InChI=1S/C10H14NO2S/c1-8(2)9-6-4-5-7-10(9)11-14(3,12)13/h5-8,11H,1-3H3. The highest BCUT2D eigenvalue weighted by molar-refractivity contribution is 7.92. The third-order valence-corrected chi connectivity index (χ3v) is 2.40. The molecule has 1 aromatic carbocycles. The summed E-state index contributed by atoms with van der Waals surface area (Å²) in [5.74, 6) is 0.275. The molecular weight excluding hydrogens is 198 g/mol. The minimum Gasteiger partial charge on any atom is -0.283 e. The van der Waals surface area contributed by atoms with E-state index in [1.54, 1.807) is 18.2 Å². The van der Waals surface area contributed by atoms with E-state index in [-0.39, 0.29) is 5.92 Å². The molecule has 3 nitrogen and oxygen atoms in total. The van der Waals surface area contributed by atoms with E-state index >= 15 is 0 Å². The monoisotopic (exact) mass is 212 g/mol. The fraction of sp³-hybridized carbons (Fsp3) is 0.400. The first-order valence-electron chi connectivity index (χ1n) is 4.38. The first-order valence-corrected chi connectivity index (χ1v) is 6.27. The van der Waals surface area contributed by atoms with Crippen LogP contribution in [0.1, 0.15) is 25.3 Å². The predicted octanol–water partition coefficient (Wildman–Crippen LogP) is 1.98. The highest BCUT2D eigenvalue weighted by Crippen LogP contribution is 2.23. The molecule has 4 heteroatoms. The van der Waals surface area contributed by atoms with Crippen LogP contribution in [0.5, 0.6) is 0 Å². The van der Waals surface area contributed by atoms with Crippen LogP contribution in [-0.4, -0.2) is 14.7 Å². The number of sulfonamides is 1. The van der Waals surface area contributed by atoms with Gasteiger partial charge in [-0.05, 0) is 29.7 Å². The van der Waals surface area contributed by atoms with Gasteiger partial charge in [0, 0.05) is 0 Å². The van der Waals surface area contributed by atoms with Crippen LogP contribution in [0.3, 0.4) is 0 Å². The highest BCUT2D eigenvalue weighted by atomic mass is 32.2. The maximum absolute atomic E-state index is 11.1. The molecule has 1 aromatic rings. The Bertz CT molecular complexity index is 410. The SMILES string of the molecule is CC(C)c1c[c]ccc1NS(C)(=O)=O. The van der Waals surface area contributed by atoms with Gasteiger partial charge in [0.15, 0.2) is 0 Å². The third-order valence-electron chi connectivity index (χ3n) is 1.81. The van der Waals surface area contributed by atoms with Crippen molar-refractivity contribution >= 4 is 15.7 Å². The summed E-state index contributed by atoms with van der Waals surface area (Å²) in [5.41, 5.74) is 1.60. The summed E-state index contributed by atoms with van der Waals surface area (Å²) in [7, 11) is -3.20. The van der Waals surface area contributed by atoms with Crippen LogP contribution in [0.2, 0.25) is 0 Å². The topological polar surface area (TPSA) is 46.2 Å². The molecule has 14 heavy (non-hydrogen) atoms. The summed E-state index contributed by atoms with van der Waals surface area (Å²) in [6.07, 6.45) is 1.15. The fourth-order valence-electron chi connectivity index (χ4n) is 1.21. The van der Waals surface area contributed by atoms with Crippen molar-refractivity contribution in [2.45, 2.75) is 19.8 Å². The van der Waals surface area contributed by atoms with E-state index in [4.69, 9.17) is 0 Å². The lowest BCUT2D eigenvalue weighted by Crippen LogP contribution is -2.11. The second-order valence-corrected chi connectivity index (χ2v) is 5.29. The van der Waals surface area contributed by atoms with E-state index in [0.29, 0.717) is 5.69 Å². The Kier molecular flexibility index (Phi) is 3.16. The third kappa shape index (κ3) is 3.03. The number of hydrogen-bond acceptors (Lipinski definition) is 2. The first kappa shape index (κ1) is 11.0. The Balaban J connectivity index is 3.08. The Morgan fingerprint density at radius 2 is 2.07 bits per heavy atom. The molecule has 0 amide bonds.